The molecule has 1 saturated heterocycles. The number of nitrogens with zero attached hydrogens (tertiary/aromatic N) is 3. The number of hydrogen-bond donors (Lipinski definition) is 2. The number of sulfonamides is 1. The predicted molar refractivity (Wildman–Crippen MR) is 93.6 cm³/mol. The molecule has 3 rings (SSSR count). The fraction of sp³-hybridized carbons (Fsp3) is 0.500. The molecule has 0 unspecified atom stereocenters. The summed E-state index contributed by atoms with van der Waals surface area (Å²) in [4.78, 5) is 13.6. The summed E-state index contributed by atoms with van der Waals surface area (Å²) >= 11 is 1.20. The zero-order chi connectivity index (χ0) is 17.6. The molecule has 1 atom stereocenters. The number of carbonyl (C=O) groups is 1. The van der Waals surface area contributed by atoms with Crippen molar-refractivity contribution in [3.05, 3.63) is 16.1 Å². The first-order valence-corrected chi connectivity index (χ1v) is 10.1. The number of nitrogens with one attached hydrogen (secondary N) is 1. The highest BCUT2D eigenvalue weighted by atomic mass is 32.2. The van der Waals surface area contributed by atoms with Crippen molar-refractivity contribution in [3.63, 3.8) is 0 Å². The van der Waals surface area contributed by atoms with Gasteiger partial charge in [-0.1, -0.05) is 0 Å². The Morgan fingerprint density at radius 1 is 1.38 bits per heavy atom. The van der Waals surface area contributed by atoms with Gasteiger partial charge in [-0.3, -0.25) is 4.79 Å². The van der Waals surface area contributed by atoms with Gasteiger partial charge in [-0.05, 0) is 25.8 Å². The number of aryl methyl sites for hydroxylation is 2. The molecular formula is C14H19N5O3S2. The highest BCUT2D eigenvalue weighted by Crippen LogP contribution is 2.34. The first-order valence-electron chi connectivity index (χ1n) is 7.46. The van der Waals surface area contributed by atoms with Crippen molar-refractivity contribution in [1.29, 1.82) is 0 Å². The molecule has 1 fully saturated rings. The highest BCUT2D eigenvalue weighted by molar-refractivity contribution is 7.88. The lowest BCUT2D eigenvalue weighted by Crippen LogP contribution is -2.38. The predicted octanol–water partition coefficient (Wildman–Crippen LogP) is 0.654. The fourth-order valence-corrected chi connectivity index (χ4v) is 4.70. The Labute approximate surface area is 144 Å². The van der Waals surface area contributed by atoms with Crippen molar-refractivity contribution in [2.24, 2.45) is 0 Å². The second-order valence-corrected chi connectivity index (χ2v) is 9.00. The van der Waals surface area contributed by atoms with E-state index in [2.05, 4.69) is 15.5 Å². The van der Waals surface area contributed by atoms with E-state index in [9.17, 15) is 13.2 Å². The Morgan fingerprint density at radius 2 is 2.08 bits per heavy atom. The van der Waals surface area contributed by atoms with E-state index in [1.165, 1.54) is 21.9 Å². The molecule has 0 saturated carbocycles. The first kappa shape index (κ1) is 17.1. The van der Waals surface area contributed by atoms with Gasteiger partial charge in [0.25, 0.3) is 5.91 Å². The number of carbonyl (C=O) groups excluding carboxylic acids is 1. The lowest BCUT2D eigenvalue weighted by atomic mass is 10.1. The second-order valence-electron chi connectivity index (χ2n) is 6.02. The zero-order valence-electron chi connectivity index (χ0n) is 13.7. The molecule has 1 aliphatic rings. The molecule has 0 aromatic carbocycles. The molecule has 0 radical (unpaired) electrons. The van der Waals surface area contributed by atoms with E-state index in [1.54, 1.807) is 0 Å². The van der Waals surface area contributed by atoms with Gasteiger partial charge in [0.15, 0.2) is 0 Å². The van der Waals surface area contributed by atoms with Crippen LogP contribution in [0.2, 0.25) is 0 Å². The monoisotopic (exact) mass is 369 g/mol. The van der Waals surface area contributed by atoms with E-state index in [0.29, 0.717) is 28.4 Å². The normalized spacial score (nSPS) is 19.0. The van der Waals surface area contributed by atoms with Crippen molar-refractivity contribution < 1.29 is 13.2 Å². The van der Waals surface area contributed by atoms with Crippen LogP contribution in [0.3, 0.4) is 0 Å². The molecule has 2 aromatic rings. The first-order chi connectivity index (χ1) is 11.2. The maximum atomic E-state index is 12.5. The number of rotatable bonds is 3. The van der Waals surface area contributed by atoms with Crippen LogP contribution >= 0.6 is 11.3 Å². The van der Waals surface area contributed by atoms with Crippen LogP contribution in [-0.2, 0) is 10.0 Å². The summed E-state index contributed by atoms with van der Waals surface area (Å²) in [5.41, 5.74) is 8.25. The highest BCUT2D eigenvalue weighted by Gasteiger charge is 2.30. The topological polar surface area (TPSA) is 118 Å². The summed E-state index contributed by atoms with van der Waals surface area (Å²) in [6.07, 6.45) is 1.76. The number of amides is 1. The third-order valence-electron chi connectivity index (χ3n) is 4.30. The molecule has 130 valence electrons. The van der Waals surface area contributed by atoms with Gasteiger partial charge in [-0.25, -0.2) is 12.7 Å². The van der Waals surface area contributed by atoms with E-state index in [0.717, 1.165) is 16.6 Å². The molecule has 0 aliphatic carbocycles. The van der Waals surface area contributed by atoms with E-state index in [4.69, 9.17) is 5.73 Å². The van der Waals surface area contributed by atoms with Crippen LogP contribution in [0.4, 0.5) is 5.69 Å². The Kier molecular flexibility index (Phi) is 4.22. The van der Waals surface area contributed by atoms with Gasteiger partial charge in [0.1, 0.15) is 9.71 Å². The minimum absolute atomic E-state index is 0.217. The van der Waals surface area contributed by atoms with Gasteiger partial charge in [-0.15, -0.1) is 16.4 Å². The lowest BCUT2D eigenvalue weighted by molar-refractivity contribution is 0.0944. The molecule has 3 N–H and O–H groups in total. The van der Waals surface area contributed by atoms with Gasteiger partial charge in [0.2, 0.25) is 10.0 Å². The Bertz CT molecular complexity index is 922. The average molecular weight is 369 g/mol. The second kappa shape index (κ2) is 5.94. The summed E-state index contributed by atoms with van der Waals surface area (Å²) in [6.45, 7) is 4.44. The zero-order valence-corrected chi connectivity index (χ0v) is 15.3. The number of nitrogen functional groups attached to an aromatic ring is 1. The standard InChI is InChI=1S/C14H19N5O3S2/c1-7-8(2)17-18-14-10(7)11(15)12(23-14)13(20)16-9-4-5-19(6-9)24(3,21)22/h9H,4-6,15H2,1-3H3,(H,16,20)/t9-/m0/s1. The number of nitrogens with two attached hydrogens (primary N) is 1. The molecule has 3 heterocycles. The molecule has 1 amide bonds. The van der Waals surface area contributed by atoms with Crippen molar-refractivity contribution >= 4 is 43.2 Å². The molecule has 2 aromatic heterocycles. The third-order valence-corrected chi connectivity index (χ3v) is 6.65. The number of hydrogen-bond acceptors (Lipinski definition) is 7. The van der Waals surface area contributed by atoms with Crippen molar-refractivity contribution in [2.75, 3.05) is 25.1 Å². The van der Waals surface area contributed by atoms with Crippen LogP contribution in [-0.4, -0.2) is 54.2 Å². The Hall–Kier alpha value is -1.78. The van der Waals surface area contributed by atoms with E-state index < -0.39 is 10.0 Å². The maximum Gasteiger partial charge on any atom is 0.263 e. The van der Waals surface area contributed by atoms with Gasteiger partial charge in [0.05, 0.1) is 17.6 Å². The van der Waals surface area contributed by atoms with Crippen LogP contribution in [0, 0.1) is 13.8 Å². The molecule has 1 aliphatic heterocycles. The summed E-state index contributed by atoms with van der Waals surface area (Å²) in [5.74, 6) is -0.298. The third kappa shape index (κ3) is 2.96. The van der Waals surface area contributed by atoms with E-state index in [-0.39, 0.29) is 18.5 Å². The number of fused-ring (bicyclic) bond motifs is 1. The minimum Gasteiger partial charge on any atom is -0.397 e. The van der Waals surface area contributed by atoms with Crippen molar-refractivity contribution in [2.45, 2.75) is 26.3 Å². The largest absolute Gasteiger partial charge is 0.397 e. The van der Waals surface area contributed by atoms with Crippen LogP contribution in [0.15, 0.2) is 0 Å². The van der Waals surface area contributed by atoms with Gasteiger partial charge >= 0.3 is 0 Å². The summed E-state index contributed by atoms with van der Waals surface area (Å²) in [7, 11) is -3.23. The molecule has 0 bridgehead atoms. The number of thiophene rings is 1. The molecule has 8 nitrogen and oxygen atoms in total. The molecule has 10 heteroatoms. The van der Waals surface area contributed by atoms with E-state index in [1.807, 2.05) is 13.8 Å². The van der Waals surface area contributed by atoms with Gasteiger partial charge in [-0.2, -0.15) is 5.10 Å². The number of aromatic nitrogens is 2. The molecule has 24 heavy (non-hydrogen) atoms. The van der Waals surface area contributed by atoms with Crippen molar-refractivity contribution in [3.8, 4) is 0 Å². The smallest absolute Gasteiger partial charge is 0.263 e. The lowest BCUT2D eigenvalue weighted by Gasteiger charge is -2.14. The van der Waals surface area contributed by atoms with Crippen LogP contribution < -0.4 is 11.1 Å². The SMILES string of the molecule is Cc1nnc2sc(C(=O)N[C@H]3CCN(S(C)(=O)=O)C3)c(N)c2c1C. The van der Waals surface area contributed by atoms with Gasteiger partial charge in [0, 0.05) is 24.5 Å². The quantitative estimate of drug-likeness (QED) is 0.820. The fourth-order valence-electron chi connectivity index (χ4n) is 2.81. The minimum atomic E-state index is -3.23. The summed E-state index contributed by atoms with van der Waals surface area (Å²) in [5, 5.41) is 11.8. The average Bonchev–Trinajstić information content (AvgIpc) is 3.08. The molecule has 0 spiro atoms. The van der Waals surface area contributed by atoms with Crippen LogP contribution in [0.25, 0.3) is 10.2 Å². The molecular weight excluding hydrogens is 350 g/mol. The summed E-state index contributed by atoms with van der Waals surface area (Å²) < 4.78 is 24.5. The summed E-state index contributed by atoms with van der Waals surface area (Å²) in [6, 6.07) is -0.217. The Balaban J connectivity index is 1.83. The van der Waals surface area contributed by atoms with Crippen LogP contribution in [0.1, 0.15) is 27.3 Å². The van der Waals surface area contributed by atoms with E-state index >= 15 is 0 Å². The van der Waals surface area contributed by atoms with Gasteiger partial charge < -0.3 is 11.1 Å². The van der Waals surface area contributed by atoms with Crippen LogP contribution in [0.5, 0.6) is 0 Å². The van der Waals surface area contributed by atoms with Crippen molar-refractivity contribution in [1.82, 2.24) is 19.8 Å². The Morgan fingerprint density at radius 3 is 2.71 bits per heavy atom. The number of anilines is 1. The maximum absolute atomic E-state index is 12.5.